The predicted octanol–water partition coefficient (Wildman–Crippen LogP) is 5.05. The molecule has 0 aliphatic heterocycles. The molecule has 2 atom stereocenters. The number of benzene rings is 1. The zero-order chi connectivity index (χ0) is 13.6. The fourth-order valence-electron chi connectivity index (χ4n) is 2.55. The Balaban J connectivity index is 2.35. The zero-order valence-corrected chi connectivity index (χ0v) is 11.4. The van der Waals surface area contributed by atoms with Gasteiger partial charge in [0.25, 0.3) is 0 Å². The third-order valence-electron chi connectivity index (χ3n) is 3.65. The molecule has 1 fully saturated rings. The maximum absolute atomic E-state index is 13.5. The van der Waals surface area contributed by atoms with E-state index in [1.807, 2.05) is 6.92 Å². The Morgan fingerprint density at radius 1 is 1.33 bits per heavy atom. The highest BCUT2D eigenvalue weighted by atomic mass is 79.9. The highest BCUT2D eigenvalue weighted by molar-refractivity contribution is 9.09. The summed E-state index contributed by atoms with van der Waals surface area (Å²) in [6.45, 7) is 1.97. The first-order valence-corrected chi connectivity index (χ1v) is 6.65. The summed E-state index contributed by atoms with van der Waals surface area (Å²) in [7, 11) is 0. The monoisotopic (exact) mass is 324 g/mol. The molecule has 2 rings (SSSR count). The largest absolute Gasteiger partial charge is 0.419 e. The quantitative estimate of drug-likeness (QED) is 0.501. The van der Waals surface area contributed by atoms with Crippen molar-refractivity contribution in [2.24, 2.45) is 0 Å². The molecule has 0 amide bonds. The Morgan fingerprint density at radius 2 is 2.00 bits per heavy atom. The summed E-state index contributed by atoms with van der Waals surface area (Å²) in [5, 5.41) is 0. The van der Waals surface area contributed by atoms with Gasteiger partial charge in [-0.15, -0.1) is 0 Å². The summed E-state index contributed by atoms with van der Waals surface area (Å²) in [4.78, 5) is 0.354. The second-order valence-electron chi connectivity index (χ2n) is 5.09. The lowest BCUT2D eigenvalue weighted by atomic mass is 9.80. The van der Waals surface area contributed by atoms with Crippen LogP contribution in [0.4, 0.5) is 17.6 Å². The van der Waals surface area contributed by atoms with Crippen molar-refractivity contribution < 1.29 is 17.6 Å². The third kappa shape index (κ3) is 2.56. The molecule has 0 N–H and O–H groups in total. The molecular formula is C13H13BrF4. The van der Waals surface area contributed by atoms with Crippen LogP contribution in [-0.2, 0) is 11.6 Å². The van der Waals surface area contributed by atoms with Gasteiger partial charge >= 0.3 is 6.18 Å². The van der Waals surface area contributed by atoms with Crippen molar-refractivity contribution >= 4 is 15.9 Å². The maximum Gasteiger partial charge on any atom is 0.419 e. The van der Waals surface area contributed by atoms with Gasteiger partial charge in [0.15, 0.2) is 0 Å². The average molecular weight is 325 g/mol. The van der Waals surface area contributed by atoms with Crippen LogP contribution in [0.25, 0.3) is 0 Å². The van der Waals surface area contributed by atoms with Gasteiger partial charge in [-0.3, -0.25) is 0 Å². The second kappa shape index (κ2) is 4.51. The normalized spacial score (nSPS) is 28.7. The highest BCUT2D eigenvalue weighted by Crippen LogP contribution is 2.44. The van der Waals surface area contributed by atoms with E-state index in [0.717, 1.165) is 31.4 Å². The van der Waals surface area contributed by atoms with E-state index in [1.165, 1.54) is 6.07 Å². The number of halogens is 5. The summed E-state index contributed by atoms with van der Waals surface area (Å²) in [6, 6.07) is 3.28. The zero-order valence-electron chi connectivity index (χ0n) is 9.82. The molecule has 0 saturated heterocycles. The maximum atomic E-state index is 13.5. The predicted molar refractivity (Wildman–Crippen MR) is 65.3 cm³/mol. The van der Waals surface area contributed by atoms with Crippen molar-refractivity contribution in [1.82, 2.24) is 0 Å². The molecular weight excluding hydrogens is 312 g/mol. The van der Waals surface area contributed by atoms with Crippen LogP contribution in [0.5, 0.6) is 0 Å². The molecule has 1 saturated carbocycles. The van der Waals surface area contributed by atoms with Gasteiger partial charge < -0.3 is 0 Å². The molecule has 0 spiro atoms. The molecule has 0 heterocycles. The first kappa shape index (κ1) is 13.8. The van der Waals surface area contributed by atoms with Crippen molar-refractivity contribution in [2.45, 2.75) is 42.6 Å². The van der Waals surface area contributed by atoms with Crippen LogP contribution < -0.4 is 0 Å². The molecule has 100 valence electrons. The van der Waals surface area contributed by atoms with E-state index in [4.69, 9.17) is 0 Å². The van der Waals surface area contributed by atoms with Crippen molar-refractivity contribution in [3.8, 4) is 0 Å². The summed E-state index contributed by atoms with van der Waals surface area (Å²) < 4.78 is 50.9. The van der Waals surface area contributed by atoms with Crippen LogP contribution in [0, 0.1) is 5.82 Å². The molecule has 5 heteroatoms. The van der Waals surface area contributed by atoms with Crippen molar-refractivity contribution in [3.05, 3.63) is 35.1 Å². The minimum absolute atomic E-state index is 0.237. The fraction of sp³-hybridized carbons (Fsp3) is 0.538. The van der Waals surface area contributed by atoms with E-state index >= 15 is 0 Å². The molecule has 0 nitrogen and oxygen atoms in total. The number of alkyl halides is 4. The van der Waals surface area contributed by atoms with E-state index in [0.29, 0.717) is 10.4 Å². The van der Waals surface area contributed by atoms with Crippen molar-refractivity contribution in [1.29, 1.82) is 0 Å². The van der Waals surface area contributed by atoms with Gasteiger partial charge in [-0.25, -0.2) is 4.39 Å². The number of rotatable bonds is 1. The van der Waals surface area contributed by atoms with Crippen LogP contribution >= 0.6 is 15.9 Å². The Labute approximate surface area is 112 Å². The van der Waals surface area contributed by atoms with E-state index < -0.39 is 17.6 Å². The van der Waals surface area contributed by atoms with Gasteiger partial charge in [-0.1, -0.05) is 28.9 Å². The first-order valence-electron chi connectivity index (χ1n) is 5.74. The summed E-state index contributed by atoms with van der Waals surface area (Å²) in [6.07, 6.45) is -2.00. The average Bonchev–Trinajstić information content (AvgIpc) is 2.58. The Hall–Kier alpha value is -0.580. The van der Waals surface area contributed by atoms with Gasteiger partial charge in [-0.2, -0.15) is 13.2 Å². The molecule has 1 aromatic carbocycles. The summed E-state index contributed by atoms with van der Waals surface area (Å²) in [5.74, 6) is -1.18. The molecule has 1 aromatic rings. The lowest BCUT2D eigenvalue weighted by Gasteiger charge is -2.25. The minimum atomic E-state index is -4.63. The van der Waals surface area contributed by atoms with Gasteiger partial charge in [0.1, 0.15) is 5.82 Å². The summed E-state index contributed by atoms with van der Waals surface area (Å²) >= 11 is 3.50. The fourth-order valence-corrected chi connectivity index (χ4v) is 3.49. The van der Waals surface area contributed by atoms with E-state index in [-0.39, 0.29) is 5.41 Å². The lowest BCUT2D eigenvalue weighted by molar-refractivity contribution is -0.140. The Kier molecular flexibility index (Phi) is 3.47. The van der Waals surface area contributed by atoms with Crippen LogP contribution in [0.2, 0.25) is 0 Å². The van der Waals surface area contributed by atoms with E-state index in [2.05, 4.69) is 15.9 Å². The standard InChI is InChI=1S/C13H13BrF4/c1-12(5-4-9(14)7-12)8-2-3-10(11(15)6-8)13(16,17)18/h2-3,6,9H,4-5,7H2,1H3. The highest BCUT2D eigenvalue weighted by Gasteiger charge is 2.38. The van der Waals surface area contributed by atoms with Crippen molar-refractivity contribution in [3.63, 3.8) is 0 Å². The number of hydrogen-bond donors (Lipinski definition) is 0. The van der Waals surface area contributed by atoms with E-state index in [1.54, 1.807) is 0 Å². The lowest BCUT2D eigenvalue weighted by Crippen LogP contribution is -2.19. The SMILES string of the molecule is CC1(c2ccc(C(F)(F)F)c(F)c2)CCC(Br)C1. The van der Waals surface area contributed by atoms with E-state index in [9.17, 15) is 17.6 Å². The number of hydrogen-bond acceptors (Lipinski definition) is 0. The molecule has 18 heavy (non-hydrogen) atoms. The molecule has 1 aliphatic carbocycles. The second-order valence-corrected chi connectivity index (χ2v) is 6.39. The molecule has 0 aromatic heterocycles. The molecule has 0 bridgehead atoms. The topological polar surface area (TPSA) is 0 Å². The van der Waals surface area contributed by atoms with Crippen molar-refractivity contribution in [2.75, 3.05) is 0 Å². The van der Waals surface area contributed by atoms with Gasteiger partial charge in [0.2, 0.25) is 0 Å². The minimum Gasteiger partial charge on any atom is -0.206 e. The summed E-state index contributed by atoms with van der Waals surface area (Å²) in [5.41, 5.74) is -0.780. The molecule has 1 aliphatic rings. The van der Waals surface area contributed by atoms with Crippen LogP contribution in [0.1, 0.15) is 37.3 Å². The van der Waals surface area contributed by atoms with Crippen LogP contribution in [-0.4, -0.2) is 4.83 Å². The third-order valence-corrected chi connectivity index (χ3v) is 4.43. The van der Waals surface area contributed by atoms with Gasteiger partial charge in [0, 0.05) is 4.83 Å². The van der Waals surface area contributed by atoms with Crippen LogP contribution in [0.3, 0.4) is 0 Å². The van der Waals surface area contributed by atoms with Gasteiger partial charge in [-0.05, 0) is 42.4 Å². The van der Waals surface area contributed by atoms with Crippen LogP contribution in [0.15, 0.2) is 18.2 Å². The smallest absolute Gasteiger partial charge is 0.206 e. The molecule has 2 unspecified atom stereocenters. The first-order chi connectivity index (χ1) is 8.22. The van der Waals surface area contributed by atoms with Gasteiger partial charge in [0.05, 0.1) is 5.56 Å². The molecule has 0 radical (unpaired) electrons. The Morgan fingerprint density at radius 3 is 2.44 bits per heavy atom. The Bertz CT molecular complexity index is 455.